The normalized spacial score (nSPS) is 19.6. The molecule has 8 heteroatoms. The van der Waals surface area contributed by atoms with Crippen LogP contribution in [0.2, 0.25) is 0 Å². The van der Waals surface area contributed by atoms with Gasteiger partial charge in [0.25, 0.3) is 5.91 Å². The summed E-state index contributed by atoms with van der Waals surface area (Å²) in [6.07, 6.45) is 1.87. The van der Waals surface area contributed by atoms with Gasteiger partial charge >= 0.3 is 0 Å². The molecule has 0 radical (unpaired) electrons. The minimum atomic E-state index is -1.09. The van der Waals surface area contributed by atoms with Crippen molar-refractivity contribution in [2.45, 2.75) is 4.33 Å². The zero-order chi connectivity index (χ0) is 26.8. The lowest BCUT2D eigenvalue weighted by atomic mass is 10.1. The highest BCUT2D eigenvalue weighted by molar-refractivity contribution is 8.29. The van der Waals surface area contributed by atoms with Gasteiger partial charge in [0, 0.05) is 11.3 Å². The van der Waals surface area contributed by atoms with Gasteiger partial charge in [-0.1, -0.05) is 90.6 Å². The SMILES string of the molecule is COc1ccc(/C=C2/S[C@@]3(SC(C(=O)c4ccccc4)=NN3c3ccccc3)N(c3ccccc3)C2=O)cc1. The molecule has 192 valence electrons. The van der Waals surface area contributed by atoms with Crippen molar-refractivity contribution >= 4 is 57.7 Å². The van der Waals surface area contributed by atoms with Crippen molar-refractivity contribution in [3.63, 3.8) is 0 Å². The van der Waals surface area contributed by atoms with E-state index in [1.54, 1.807) is 29.2 Å². The number of carbonyl (C=O) groups is 2. The molecule has 2 aliphatic heterocycles. The van der Waals surface area contributed by atoms with Crippen LogP contribution in [0.25, 0.3) is 6.08 Å². The van der Waals surface area contributed by atoms with E-state index in [1.165, 1.54) is 23.5 Å². The van der Waals surface area contributed by atoms with Gasteiger partial charge in [-0.3, -0.25) is 14.5 Å². The fraction of sp³-hybridized carbons (Fsp3) is 0.0645. The Hall–Kier alpha value is -4.27. The summed E-state index contributed by atoms with van der Waals surface area (Å²) in [4.78, 5) is 30.0. The molecule has 2 aliphatic rings. The third-order valence-electron chi connectivity index (χ3n) is 6.29. The maximum absolute atomic E-state index is 14.2. The summed E-state index contributed by atoms with van der Waals surface area (Å²) >= 11 is 2.67. The molecule has 0 unspecified atom stereocenters. The van der Waals surface area contributed by atoms with Gasteiger partial charge in [-0.05, 0) is 59.8 Å². The van der Waals surface area contributed by atoms with Gasteiger partial charge in [0.15, 0.2) is 5.04 Å². The van der Waals surface area contributed by atoms with E-state index in [0.29, 0.717) is 21.2 Å². The number of para-hydroxylation sites is 2. The van der Waals surface area contributed by atoms with Crippen molar-refractivity contribution in [2.24, 2.45) is 5.10 Å². The van der Waals surface area contributed by atoms with Crippen LogP contribution in [0.3, 0.4) is 0 Å². The minimum Gasteiger partial charge on any atom is -0.497 e. The zero-order valence-electron chi connectivity index (χ0n) is 20.9. The molecule has 0 aliphatic carbocycles. The van der Waals surface area contributed by atoms with Crippen LogP contribution in [0.4, 0.5) is 11.4 Å². The average molecular weight is 550 g/mol. The van der Waals surface area contributed by atoms with Crippen LogP contribution in [0.1, 0.15) is 15.9 Å². The molecule has 0 bridgehead atoms. The lowest BCUT2D eigenvalue weighted by Gasteiger charge is -2.38. The van der Waals surface area contributed by atoms with Gasteiger partial charge in [-0.15, -0.1) is 0 Å². The summed E-state index contributed by atoms with van der Waals surface area (Å²) in [5.41, 5.74) is 2.90. The number of nitrogens with zero attached hydrogens (tertiary/aromatic N) is 3. The monoisotopic (exact) mass is 549 g/mol. The number of ether oxygens (including phenoxy) is 1. The van der Waals surface area contributed by atoms with Crippen molar-refractivity contribution in [2.75, 3.05) is 17.0 Å². The molecule has 2 heterocycles. The molecule has 1 saturated heterocycles. The fourth-order valence-electron chi connectivity index (χ4n) is 4.41. The van der Waals surface area contributed by atoms with E-state index >= 15 is 0 Å². The van der Waals surface area contributed by atoms with Gasteiger partial charge in [0.05, 0.1) is 17.7 Å². The van der Waals surface area contributed by atoms with Gasteiger partial charge in [0.1, 0.15) is 5.75 Å². The summed E-state index contributed by atoms with van der Waals surface area (Å²) in [6.45, 7) is 0. The number of hydrazone groups is 1. The molecule has 1 amide bonds. The summed E-state index contributed by atoms with van der Waals surface area (Å²) in [5, 5.41) is 6.96. The molecule has 0 N–H and O–H groups in total. The van der Waals surface area contributed by atoms with E-state index in [0.717, 1.165) is 17.0 Å². The van der Waals surface area contributed by atoms with Crippen LogP contribution in [0, 0.1) is 0 Å². The molecule has 4 aromatic rings. The second-order valence-electron chi connectivity index (χ2n) is 8.76. The van der Waals surface area contributed by atoms with E-state index < -0.39 is 4.33 Å². The molecule has 1 atom stereocenters. The van der Waals surface area contributed by atoms with Crippen LogP contribution in [0.15, 0.2) is 125 Å². The number of benzene rings is 4. The number of hydrogen-bond donors (Lipinski definition) is 0. The first kappa shape index (κ1) is 25.0. The Morgan fingerprint density at radius 3 is 2.00 bits per heavy atom. The highest BCUT2D eigenvalue weighted by atomic mass is 32.2. The number of ketones is 1. The maximum Gasteiger partial charge on any atom is 0.268 e. The molecular formula is C31H23N3O3S2. The Bertz CT molecular complexity index is 1580. The van der Waals surface area contributed by atoms with Crippen LogP contribution in [-0.4, -0.2) is 28.2 Å². The number of hydrogen-bond acceptors (Lipinski definition) is 7. The van der Waals surface area contributed by atoms with Gasteiger partial charge in [-0.2, -0.15) is 5.10 Å². The molecule has 0 aromatic heterocycles. The molecule has 1 spiro atoms. The van der Waals surface area contributed by atoms with E-state index in [1.807, 2.05) is 109 Å². The average Bonchev–Trinajstić information content (AvgIpc) is 3.50. The summed E-state index contributed by atoms with van der Waals surface area (Å²) in [5.74, 6) is 0.384. The maximum atomic E-state index is 14.2. The summed E-state index contributed by atoms with van der Waals surface area (Å²) in [6, 6.07) is 35.8. The molecular weight excluding hydrogens is 526 g/mol. The standard InChI is InChI=1S/C31H23N3O3S2/c1-37-26-19-17-22(18-20-26)21-27-30(36)33(24-13-7-3-8-14-24)31(38-27)34(25-15-9-4-10-16-25)32-29(39-31)28(35)23-11-5-2-6-12-23/h2-21H,1H3/b27-21+/t31-/m1/s1. The topological polar surface area (TPSA) is 62.2 Å². The molecule has 6 rings (SSSR count). The third-order valence-corrected chi connectivity index (χ3v) is 9.00. The number of methoxy groups -OCH3 is 1. The van der Waals surface area contributed by atoms with E-state index in [-0.39, 0.29) is 11.7 Å². The highest BCUT2D eigenvalue weighted by Gasteiger charge is 2.60. The number of thioether (sulfide) groups is 2. The smallest absolute Gasteiger partial charge is 0.268 e. The molecule has 1 fully saturated rings. The van der Waals surface area contributed by atoms with Crippen LogP contribution in [-0.2, 0) is 4.79 Å². The minimum absolute atomic E-state index is 0.168. The van der Waals surface area contributed by atoms with Gasteiger partial charge < -0.3 is 4.74 Å². The Morgan fingerprint density at radius 2 is 1.38 bits per heavy atom. The second kappa shape index (κ2) is 10.5. The Morgan fingerprint density at radius 1 is 0.795 bits per heavy atom. The van der Waals surface area contributed by atoms with Crippen LogP contribution >= 0.6 is 23.5 Å². The quantitative estimate of drug-likeness (QED) is 0.193. The first-order chi connectivity index (χ1) is 19.1. The van der Waals surface area contributed by atoms with Crippen molar-refractivity contribution < 1.29 is 14.3 Å². The lowest BCUT2D eigenvalue weighted by Crippen LogP contribution is -2.51. The van der Waals surface area contributed by atoms with Crippen LogP contribution in [0.5, 0.6) is 5.75 Å². The number of anilines is 2. The second-order valence-corrected chi connectivity index (χ2v) is 11.4. The predicted octanol–water partition coefficient (Wildman–Crippen LogP) is 6.88. The fourth-order valence-corrected chi connectivity index (χ4v) is 7.36. The first-order valence-electron chi connectivity index (χ1n) is 12.3. The summed E-state index contributed by atoms with van der Waals surface area (Å²) < 4.78 is 4.20. The number of carbonyl (C=O) groups excluding carboxylic acids is 2. The lowest BCUT2D eigenvalue weighted by molar-refractivity contribution is -0.114. The van der Waals surface area contributed by atoms with E-state index in [4.69, 9.17) is 9.84 Å². The van der Waals surface area contributed by atoms with E-state index in [2.05, 4.69) is 0 Å². The van der Waals surface area contributed by atoms with Gasteiger partial charge in [-0.25, -0.2) is 5.01 Å². The van der Waals surface area contributed by atoms with Crippen molar-refractivity contribution in [3.8, 4) is 5.75 Å². The summed E-state index contributed by atoms with van der Waals surface area (Å²) in [7, 11) is 1.62. The predicted molar refractivity (Wildman–Crippen MR) is 160 cm³/mol. The van der Waals surface area contributed by atoms with E-state index in [9.17, 15) is 9.59 Å². The van der Waals surface area contributed by atoms with Crippen molar-refractivity contribution in [1.29, 1.82) is 0 Å². The Labute approximate surface area is 235 Å². The Kier molecular flexibility index (Phi) is 6.72. The Balaban J connectivity index is 1.49. The largest absolute Gasteiger partial charge is 0.497 e. The van der Waals surface area contributed by atoms with Crippen molar-refractivity contribution in [3.05, 3.63) is 131 Å². The molecule has 39 heavy (non-hydrogen) atoms. The zero-order valence-corrected chi connectivity index (χ0v) is 22.6. The highest BCUT2D eigenvalue weighted by Crippen LogP contribution is 2.59. The molecule has 4 aromatic carbocycles. The number of rotatable bonds is 6. The van der Waals surface area contributed by atoms with Crippen molar-refractivity contribution in [1.82, 2.24) is 0 Å². The number of amides is 1. The first-order valence-corrected chi connectivity index (χ1v) is 13.9. The molecule has 0 saturated carbocycles. The number of Topliss-reactive ketones (excluding diaryl/α,β-unsaturated/α-hetero) is 1. The van der Waals surface area contributed by atoms with Crippen LogP contribution < -0.4 is 14.6 Å². The van der Waals surface area contributed by atoms with Gasteiger partial charge in [0.2, 0.25) is 10.1 Å². The third kappa shape index (κ3) is 4.62. The molecule has 6 nitrogen and oxygen atoms in total.